The van der Waals surface area contributed by atoms with Crippen LogP contribution in [0.3, 0.4) is 0 Å². The van der Waals surface area contributed by atoms with Crippen molar-refractivity contribution >= 4 is 33.4 Å². The number of halogens is 1. The fourth-order valence-electron chi connectivity index (χ4n) is 3.13. The van der Waals surface area contributed by atoms with Gasteiger partial charge in [0.15, 0.2) is 0 Å². The number of carbonyl (C=O) groups excluding carboxylic acids is 2. The van der Waals surface area contributed by atoms with Gasteiger partial charge in [-0.05, 0) is 57.0 Å². The molecule has 1 unspecified atom stereocenters. The summed E-state index contributed by atoms with van der Waals surface area (Å²) in [4.78, 5) is 27.2. The van der Waals surface area contributed by atoms with Gasteiger partial charge in [0, 0.05) is 24.7 Å². The van der Waals surface area contributed by atoms with E-state index in [2.05, 4.69) is 5.32 Å². The van der Waals surface area contributed by atoms with Gasteiger partial charge in [0.25, 0.3) is 0 Å². The van der Waals surface area contributed by atoms with Crippen molar-refractivity contribution < 1.29 is 18.0 Å². The molecular weight excluding hydrogens is 450 g/mol. The Balaban J connectivity index is 2.19. The standard InChI is InChI=1S/C23H30ClN3O4S/c1-17(2)25-23(29)18(3)27(15-14-19-8-6-5-7-9-19)22(28)16-26(4)32(30,31)21-12-10-20(24)11-13-21/h5-13,17-18H,14-16H2,1-4H3,(H,25,29). The monoisotopic (exact) mass is 479 g/mol. The van der Waals surface area contributed by atoms with E-state index < -0.39 is 22.0 Å². The Morgan fingerprint density at radius 3 is 2.16 bits per heavy atom. The molecule has 0 aliphatic rings. The van der Waals surface area contributed by atoms with Crippen LogP contribution in [-0.2, 0) is 26.0 Å². The van der Waals surface area contributed by atoms with Crippen molar-refractivity contribution in [1.82, 2.24) is 14.5 Å². The maximum Gasteiger partial charge on any atom is 0.243 e. The second kappa shape index (κ2) is 11.4. The van der Waals surface area contributed by atoms with Gasteiger partial charge in [-0.2, -0.15) is 4.31 Å². The first-order valence-corrected chi connectivity index (χ1v) is 12.2. The average Bonchev–Trinajstić information content (AvgIpc) is 2.74. The number of hydrogen-bond acceptors (Lipinski definition) is 4. The van der Waals surface area contributed by atoms with Crippen molar-refractivity contribution in [3.05, 3.63) is 65.2 Å². The molecule has 0 saturated carbocycles. The van der Waals surface area contributed by atoms with Crippen LogP contribution in [0.4, 0.5) is 0 Å². The summed E-state index contributed by atoms with van der Waals surface area (Å²) in [5.41, 5.74) is 1.02. The van der Waals surface area contributed by atoms with E-state index in [0.29, 0.717) is 11.4 Å². The van der Waals surface area contributed by atoms with E-state index in [1.807, 2.05) is 44.2 Å². The van der Waals surface area contributed by atoms with Crippen LogP contribution in [0.2, 0.25) is 5.02 Å². The fraction of sp³-hybridized carbons (Fsp3) is 0.391. The van der Waals surface area contributed by atoms with E-state index in [9.17, 15) is 18.0 Å². The minimum atomic E-state index is -3.89. The molecule has 32 heavy (non-hydrogen) atoms. The third kappa shape index (κ3) is 7.05. The summed E-state index contributed by atoms with van der Waals surface area (Å²) in [5.74, 6) is -0.739. The van der Waals surface area contributed by atoms with Crippen molar-refractivity contribution in [2.24, 2.45) is 0 Å². The highest BCUT2D eigenvalue weighted by Gasteiger charge is 2.30. The Hall–Kier alpha value is -2.42. The molecule has 0 aliphatic carbocycles. The average molecular weight is 480 g/mol. The SMILES string of the molecule is CC(C)NC(=O)C(C)N(CCc1ccccc1)C(=O)CN(C)S(=O)(=O)c1ccc(Cl)cc1. The molecular formula is C23H30ClN3O4S. The van der Waals surface area contributed by atoms with Crippen molar-refractivity contribution in [3.63, 3.8) is 0 Å². The van der Waals surface area contributed by atoms with Crippen LogP contribution < -0.4 is 5.32 Å². The van der Waals surface area contributed by atoms with E-state index in [4.69, 9.17) is 11.6 Å². The van der Waals surface area contributed by atoms with Crippen LogP contribution in [0.1, 0.15) is 26.3 Å². The Labute approximate surface area is 195 Å². The van der Waals surface area contributed by atoms with Crippen LogP contribution >= 0.6 is 11.6 Å². The molecule has 1 N–H and O–H groups in total. The number of benzene rings is 2. The first kappa shape index (κ1) is 25.8. The van der Waals surface area contributed by atoms with E-state index in [1.165, 1.54) is 36.2 Å². The third-order valence-corrected chi connectivity index (χ3v) is 7.03. The fourth-order valence-corrected chi connectivity index (χ4v) is 4.37. The lowest BCUT2D eigenvalue weighted by Crippen LogP contribution is -2.52. The molecule has 0 fully saturated rings. The molecule has 2 aromatic rings. The zero-order chi connectivity index (χ0) is 23.9. The summed E-state index contributed by atoms with van der Waals surface area (Å²) >= 11 is 5.85. The van der Waals surface area contributed by atoms with Crippen molar-refractivity contribution in [1.29, 1.82) is 0 Å². The first-order chi connectivity index (χ1) is 15.0. The van der Waals surface area contributed by atoms with Gasteiger partial charge in [-0.1, -0.05) is 41.9 Å². The largest absolute Gasteiger partial charge is 0.352 e. The Morgan fingerprint density at radius 2 is 1.59 bits per heavy atom. The van der Waals surface area contributed by atoms with E-state index in [0.717, 1.165) is 9.87 Å². The van der Waals surface area contributed by atoms with Gasteiger partial charge < -0.3 is 10.2 Å². The van der Waals surface area contributed by atoms with E-state index >= 15 is 0 Å². The van der Waals surface area contributed by atoms with Gasteiger partial charge in [-0.3, -0.25) is 9.59 Å². The zero-order valence-corrected chi connectivity index (χ0v) is 20.4. The molecule has 0 saturated heterocycles. The number of likely N-dealkylation sites (N-methyl/N-ethyl adjacent to an activating group) is 1. The van der Waals surface area contributed by atoms with Gasteiger partial charge in [-0.25, -0.2) is 8.42 Å². The number of hydrogen-bond donors (Lipinski definition) is 1. The quantitative estimate of drug-likeness (QED) is 0.567. The number of carbonyl (C=O) groups is 2. The van der Waals surface area contributed by atoms with Gasteiger partial charge in [0.2, 0.25) is 21.8 Å². The molecule has 174 valence electrons. The van der Waals surface area contributed by atoms with E-state index in [-0.39, 0.29) is 29.9 Å². The smallest absolute Gasteiger partial charge is 0.243 e. The van der Waals surface area contributed by atoms with Crippen LogP contribution in [-0.4, -0.2) is 61.7 Å². The summed E-state index contributed by atoms with van der Waals surface area (Å²) in [5, 5.41) is 3.23. The molecule has 0 bridgehead atoms. The molecule has 9 heteroatoms. The Morgan fingerprint density at radius 1 is 1.00 bits per heavy atom. The van der Waals surface area contributed by atoms with Gasteiger partial charge in [0.1, 0.15) is 6.04 Å². The predicted molar refractivity (Wildman–Crippen MR) is 126 cm³/mol. The highest BCUT2D eigenvalue weighted by atomic mass is 35.5. The summed E-state index contributed by atoms with van der Waals surface area (Å²) in [6.45, 7) is 5.22. The molecule has 0 heterocycles. The second-order valence-electron chi connectivity index (χ2n) is 7.88. The minimum absolute atomic E-state index is 0.0404. The second-order valence-corrected chi connectivity index (χ2v) is 10.4. The summed E-state index contributed by atoms with van der Waals surface area (Å²) in [6, 6.07) is 14.5. The highest BCUT2D eigenvalue weighted by molar-refractivity contribution is 7.89. The van der Waals surface area contributed by atoms with Crippen molar-refractivity contribution in [3.8, 4) is 0 Å². The summed E-state index contributed by atoms with van der Waals surface area (Å²) < 4.78 is 26.7. The predicted octanol–water partition coefficient (Wildman–Crippen LogP) is 2.94. The third-order valence-electron chi connectivity index (χ3n) is 4.96. The van der Waals surface area contributed by atoms with Gasteiger partial charge >= 0.3 is 0 Å². The Bertz CT molecular complexity index is 1010. The number of amides is 2. The molecule has 0 spiro atoms. The number of rotatable bonds is 10. The zero-order valence-electron chi connectivity index (χ0n) is 18.8. The number of nitrogens with zero attached hydrogens (tertiary/aromatic N) is 2. The van der Waals surface area contributed by atoms with Crippen LogP contribution in [0.25, 0.3) is 0 Å². The molecule has 0 aromatic heterocycles. The molecule has 2 rings (SSSR count). The molecule has 2 aromatic carbocycles. The lowest BCUT2D eigenvalue weighted by Gasteiger charge is -2.30. The molecule has 2 amide bonds. The molecule has 0 radical (unpaired) electrons. The topological polar surface area (TPSA) is 86.8 Å². The summed E-state index contributed by atoms with van der Waals surface area (Å²) in [7, 11) is -2.55. The normalized spacial score (nSPS) is 12.6. The van der Waals surface area contributed by atoms with E-state index in [1.54, 1.807) is 6.92 Å². The minimum Gasteiger partial charge on any atom is -0.352 e. The van der Waals surface area contributed by atoms with Crippen molar-refractivity contribution in [2.45, 2.75) is 44.2 Å². The molecule has 0 aliphatic heterocycles. The molecule has 7 nitrogen and oxygen atoms in total. The van der Waals surface area contributed by atoms with Gasteiger partial charge in [-0.15, -0.1) is 0 Å². The maximum atomic E-state index is 13.2. The maximum absolute atomic E-state index is 13.2. The van der Waals surface area contributed by atoms with Crippen molar-refractivity contribution in [2.75, 3.05) is 20.1 Å². The van der Waals surface area contributed by atoms with Crippen LogP contribution in [0.15, 0.2) is 59.5 Å². The lowest BCUT2D eigenvalue weighted by molar-refractivity contribution is -0.140. The molecule has 1 atom stereocenters. The van der Waals surface area contributed by atoms with Gasteiger partial charge in [0.05, 0.1) is 11.4 Å². The lowest BCUT2D eigenvalue weighted by atomic mass is 10.1. The summed E-state index contributed by atoms with van der Waals surface area (Å²) in [6.07, 6.45) is 0.541. The number of sulfonamides is 1. The van der Waals surface area contributed by atoms with Crippen LogP contribution in [0, 0.1) is 0 Å². The Kier molecular flexibility index (Phi) is 9.24. The first-order valence-electron chi connectivity index (χ1n) is 10.4. The number of nitrogens with one attached hydrogen (secondary N) is 1. The van der Waals surface area contributed by atoms with Crippen LogP contribution in [0.5, 0.6) is 0 Å². The highest BCUT2D eigenvalue weighted by Crippen LogP contribution is 2.18.